The van der Waals surface area contributed by atoms with Gasteiger partial charge in [-0.1, -0.05) is 6.92 Å². The minimum Gasteiger partial charge on any atom is -0.371 e. The van der Waals surface area contributed by atoms with Crippen LogP contribution in [0.15, 0.2) is 0 Å². The minimum absolute atomic E-state index is 0.374. The van der Waals surface area contributed by atoms with Gasteiger partial charge in [-0.25, -0.2) is 0 Å². The van der Waals surface area contributed by atoms with E-state index in [1.807, 2.05) is 19.0 Å². The number of ether oxygens (including phenoxy) is 1. The van der Waals surface area contributed by atoms with E-state index in [1.54, 1.807) is 0 Å². The Balaban J connectivity index is 1.90. The molecule has 0 aromatic rings. The standard InChI is InChI=1S/C6H13NO2/c1-3-7(2)9-5-6-4-8-6/h6H,3-5H2,1-2H3. The van der Waals surface area contributed by atoms with Crippen LogP contribution >= 0.6 is 0 Å². The van der Waals surface area contributed by atoms with Crippen molar-refractivity contribution in [2.75, 3.05) is 26.8 Å². The number of nitrogens with zero attached hydrogens (tertiary/aromatic N) is 1. The average Bonchev–Trinajstić information content (AvgIpc) is 2.65. The molecule has 0 bridgehead atoms. The van der Waals surface area contributed by atoms with Crippen LogP contribution in [0.4, 0.5) is 0 Å². The summed E-state index contributed by atoms with van der Waals surface area (Å²) in [4.78, 5) is 5.22. The maximum Gasteiger partial charge on any atom is 0.106 e. The summed E-state index contributed by atoms with van der Waals surface area (Å²) in [5, 5.41) is 1.81. The molecular weight excluding hydrogens is 118 g/mol. The van der Waals surface area contributed by atoms with Gasteiger partial charge in [0.25, 0.3) is 0 Å². The summed E-state index contributed by atoms with van der Waals surface area (Å²) in [6.45, 7) is 4.56. The molecule has 0 radical (unpaired) electrons. The van der Waals surface area contributed by atoms with Gasteiger partial charge in [0.1, 0.15) is 6.10 Å². The molecule has 1 fully saturated rings. The van der Waals surface area contributed by atoms with E-state index in [1.165, 1.54) is 0 Å². The van der Waals surface area contributed by atoms with Gasteiger partial charge in [-0.3, -0.25) is 4.84 Å². The van der Waals surface area contributed by atoms with Crippen LogP contribution in [0.1, 0.15) is 6.92 Å². The topological polar surface area (TPSA) is 25.0 Å². The highest BCUT2D eigenvalue weighted by Gasteiger charge is 2.22. The fourth-order valence-electron chi connectivity index (χ4n) is 0.466. The van der Waals surface area contributed by atoms with Gasteiger partial charge in [-0.2, -0.15) is 5.06 Å². The van der Waals surface area contributed by atoms with Gasteiger partial charge in [0.2, 0.25) is 0 Å². The fraction of sp³-hybridized carbons (Fsp3) is 1.00. The molecular formula is C6H13NO2. The van der Waals surface area contributed by atoms with Crippen molar-refractivity contribution in [1.82, 2.24) is 5.06 Å². The number of hydrogen-bond acceptors (Lipinski definition) is 3. The maximum atomic E-state index is 5.22. The molecule has 0 N–H and O–H groups in total. The quantitative estimate of drug-likeness (QED) is 0.404. The third kappa shape index (κ3) is 2.79. The van der Waals surface area contributed by atoms with Crippen LogP contribution in [0, 0.1) is 0 Å². The van der Waals surface area contributed by atoms with Gasteiger partial charge in [-0.05, 0) is 0 Å². The van der Waals surface area contributed by atoms with Crippen molar-refractivity contribution in [3.63, 3.8) is 0 Å². The molecule has 1 aliphatic rings. The Bertz CT molecular complexity index is 83.1. The minimum atomic E-state index is 0.374. The van der Waals surface area contributed by atoms with E-state index in [0.29, 0.717) is 12.7 Å². The van der Waals surface area contributed by atoms with Crippen molar-refractivity contribution in [2.24, 2.45) is 0 Å². The van der Waals surface area contributed by atoms with E-state index in [4.69, 9.17) is 9.57 Å². The van der Waals surface area contributed by atoms with E-state index in [2.05, 4.69) is 0 Å². The lowest BCUT2D eigenvalue weighted by Crippen LogP contribution is -2.20. The van der Waals surface area contributed by atoms with Crippen LogP contribution in [0.5, 0.6) is 0 Å². The summed E-state index contributed by atoms with van der Waals surface area (Å²) >= 11 is 0. The highest BCUT2D eigenvalue weighted by Crippen LogP contribution is 2.08. The molecule has 0 saturated carbocycles. The summed E-state index contributed by atoms with van der Waals surface area (Å²) < 4.78 is 4.95. The van der Waals surface area contributed by atoms with Gasteiger partial charge >= 0.3 is 0 Å². The van der Waals surface area contributed by atoms with Crippen LogP contribution in [0.2, 0.25) is 0 Å². The molecule has 1 atom stereocenters. The van der Waals surface area contributed by atoms with Gasteiger partial charge in [-0.15, -0.1) is 0 Å². The van der Waals surface area contributed by atoms with Crippen molar-refractivity contribution in [3.05, 3.63) is 0 Å². The molecule has 0 aliphatic carbocycles. The maximum absolute atomic E-state index is 5.22. The van der Waals surface area contributed by atoms with Crippen LogP contribution in [-0.2, 0) is 9.57 Å². The Labute approximate surface area is 55.5 Å². The van der Waals surface area contributed by atoms with E-state index < -0.39 is 0 Å². The molecule has 54 valence electrons. The lowest BCUT2D eigenvalue weighted by Gasteiger charge is -2.11. The van der Waals surface area contributed by atoms with Gasteiger partial charge in [0, 0.05) is 13.6 Å². The van der Waals surface area contributed by atoms with Gasteiger partial charge < -0.3 is 4.74 Å². The summed E-state index contributed by atoms with van der Waals surface area (Å²) in [6, 6.07) is 0. The lowest BCUT2D eigenvalue weighted by molar-refractivity contribution is -0.139. The van der Waals surface area contributed by atoms with E-state index >= 15 is 0 Å². The number of hydrogen-bond donors (Lipinski definition) is 0. The monoisotopic (exact) mass is 131 g/mol. The van der Waals surface area contributed by atoms with E-state index in [-0.39, 0.29) is 0 Å². The van der Waals surface area contributed by atoms with Crippen LogP contribution in [0.3, 0.4) is 0 Å². The molecule has 9 heavy (non-hydrogen) atoms. The summed E-state index contributed by atoms with van der Waals surface area (Å²) in [7, 11) is 1.92. The first kappa shape index (κ1) is 6.99. The van der Waals surface area contributed by atoms with Crippen molar-refractivity contribution in [1.29, 1.82) is 0 Å². The molecule has 3 nitrogen and oxygen atoms in total. The van der Waals surface area contributed by atoms with Crippen LogP contribution in [-0.4, -0.2) is 38.0 Å². The van der Waals surface area contributed by atoms with E-state index in [9.17, 15) is 0 Å². The number of hydroxylamine groups is 2. The van der Waals surface area contributed by atoms with Gasteiger partial charge in [0.15, 0.2) is 0 Å². The second-order valence-electron chi connectivity index (χ2n) is 2.20. The molecule has 1 saturated heterocycles. The highest BCUT2D eigenvalue weighted by molar-refractivity contribution is 4.66. The second-order valence-corrected chi connectivity index (χ2v) is 2.20. The number of epoxide rings is 1. The molecule has 0 aromatic heterocycles. The molecule has 0 amide bonds. The summed E-state index contributed by atoms with van der Waals surface area (Å²) in [6.07, 6.45) is 0.374. The molecule has 0 spiro atoms. The first-order chi connectivity index (χ1) is 4.33. The van der Waals surface area contributed by atoms with Crippen LogP contribution in [0.25, 0.3) is 0 Å². The number of rotatable bonds is 4. The predicted octanol–water partition coefficient (Wildman–Crippen LogP) is 0.268. The smallest absolute Gasteiger partial charge is 0.106 e. The predicted molar refractivity (Wildman–Crippen MR) is 34.0 cm³/mol. The molecule has 1 unspecified atom stereocenters. The molecule has 1 aliphatic heterocycles. The fourth-order valence-corrected chi connectivity index (χ4v) is 0.466. The largest absolute Gasteiger partial charge is 0.371 e. The Morgan fingerprint density at radius 2 is 2.44 bits per heavy atom. The lowest BCUT2D eigenvalue weighted by atomic mass is 10.5. The van der Waals surface area contributed by atoms with Crippen molar-refractivity contribution < 1.29 is 9.57 Å². The van der Waals surface area contributed by atoms with Crippen molar-refractivity contribution >= 4 is 0 Å². The molecule has 1 heterocycles. The Morgan fingerprint density at radius 1 is 1.78 bits per heavy atom. The highest BCUT2D eigenvalue weighted by atomic mass is 16.7. The Hall–Kier alpha value is -0.120. The molecule has 0 aromatic carbocycles. The first-order valence-electron chi connectivity index (χ1n) is 3.28. The first-order valence-corrected chi connectivity index (χ1v) is 3.28. The van der Waals surface area contributed by atoms with Crippen molar-refractivity contribution in [2.45, 2.75) is 13.0 Å². The summed E-state index contributed by atoms with van der Waals surface area (Å²) in [5.41, 5.74) is 0. The molecule has 3 heteroatoms. The van der Waals surface area contributed by atoms with Gasteiger partial charge in [0.05, 0.1) is 13.2 Å². The SMILES string of the molecule is CCN(C)OCC1CO1. The Morgan fingerprint density at radius 3 is 2.89 bits per heavy atom. The Kier molecular flexibility index (Phi) is 2.45. The van der Waals surface area contributed by atoms with Crippen molar-refractivity contribution in [3.8, 4) is 0 Å². The van der Waals surface area contributed by atoms with E-state index in [0.717, 1.165) is 13.2 Å². The zero-order chi connectivity index (χ0) is 6.69. The third-order valence-corrected chi connectivity index (χ3v) is 1.33. The molecule has 1 rings (SSSR count). The second kappa shape index (κ2) is 3.15. The zero-order valence-electron chi connectivity index (χ0n) is 5.96. The summed E-state index contributed by atoms with van der Waals surface area (Å²) in [5.74, 6) is 0. The zero-order valence-corrected chi connectivity index (χ0v) is 5.96. The normalized spacial score (nSPS) is 25.0. The average molecular weight is 131 g/mol. The van der Waals surface area contributed by atoms with Crippen LogP contribution < -0.4 is 0 Å². The third-order valence-electron chi connectivity index (χ3n) is 1.33.